The largest absolute Gasteiger partial charge is 0.462 e. The van der Waals surface area contributed by atoms with E-state index in [1.54, 1.807) is 12.1 Å². The minimum absolute atomic E-state index is 0.0449. The van der Waals surface area contributed by atoms with Gasteiger partial charge in [0.1, 0.15) is 0 Å². The third kappa shape index (κ3) is 5.38. The molecular weight excluding hydrogens is 272 g/mol. The molecule has 0 aliphatic heterocycles. The average Bonchev–Trinajstić information content (AvgIpc) is 2.47. The first-order valence-electron chi connectivity index (χ1n) is 7.11. The van der Waals surface area contributed by atoms with Crippen molar-refractivity contribution in [1.29, 1.82) is 0 Å². The third-order valence-corrected chi connectivity index (χ3v) is 2.76. The number of carbonyl (C=O) groups excluding carboxylic acids is 3. The van der Waals surface area contributed by atoms with Gasteiger partial charge in [-0.2, -0.15) is 0 Å². The maximum Gasteiger partial charge on any atom is 0.346 e. The van der Waals surface area contributed by atoms with Crippen molar-refractivity contribution in [1.82, 2.24) is 0 Å². The Hall–Kier alpha value is -2.17. The van der Waals surface area contributed by atoms with Gasteiger partial charge in [0.15, 0.2) is 0 Å². The van der Waals surface area contributed by atoms with Crippen LogP contribution < -0.4 is 0 Å². The fourth-order valence-electron chi connectivity index (χ4n) is 1.64. The van der Waals surface area contributed by atoms with Gasteiger partial charge in [-0.1, -0.05) is 32.4 Å². The first-order valence-corrected chi connectivity index (χ1v) is 7.11. The van der Waals surface area contributed by atoms with Crippen molar-refractivity contribution in [3.8, 4) is 0 Å². The quantitative estimate of drug-likeness (QED) is 0.438. The zero-order valence-corrected chi connectivity index (χ0v) is 12.4. The molecule has 1 rings (SSSR count). The van der Waals surface area contributed by atoms with Crippen LogP contribution in [0.3, 0.4) is 0 Å². The molecule has 0 bridgehead atoms. The van der Waals surface area contributed by atoms with Crippen LogP contribution in [0.1, 0.15) is 60.2 Å². The van der Waals surface area contributed by atoms with Crippen LogP contribution in [0.25, 0.3) is 0 Å². The highest BCUT2D eigenvalue weighted by Crippen LogP contribution is 2.13. The smallest absolute Gasteiger partial charge is 0.346 e. The highest BCUT2D eigenvalue weighted by Gasteiger charge is 2.20. The molecule has 0 radical (unpaired) electrons. The number of hydrogen-bond donors (Lipinski definition) is 0. The second-order valence-electron chi connectivity index (χ2n) is 4.55. The second kappa shape index (κ2) is 8.89. The molecule has 0 aliphatic carbocycles. The van der Waals surface area contributed by atoms with Crippen molar-refractivity contribution in [2.75, 3.05) is 6.61 Å². The van der Waals surface area contributed by atoms with E-state index < -0.39 is 17.9 Å². The number of unbranched alkanes of at least 4 members (excludes halogenated alkanes) is 1. The molecule has 1 aromatic rings. The molecule has 0 N–H and O–H groups in total. The molecule has 0 fully saturated rings. The number of esters is 3. The Morgan fingerprint density at radius 1 is 0.952 bits per heavy atom. The highest BCUT2D eigenvalue weighted by atomic mass is 16.6. The minimum atomic E-state index is -0.823. The van der Waals surface area contributed by atoms with Crippen LogP contribution in [0.4, 0.5) is 0 Å². The summed E-state index contributed by atoms with van der Waals surface area (Å²) in [4.78, 5) is 35.2. The van der Waals surface area contributed by atoms with Gasteiger partial charge in [-0.25, -0.2) is 9.59 Å². The summed E-state index contributed by atoms with van der Waals surface area (Å²) in [6, 6.07) is 6.15. The summed E-state index contributed by atoms with van der Waals surface area (Å²) in [5.74, 6) is -2.01. The summed E-state index contributed by atoms with van der Waals surface area (Å²) >= 11 is 0. The molecule has 114 valence electrons. The Labute approximate surface area is 124 Å². The summed E-state index contributed by atoms with van der Waals surface area (Å²) in [5, 5.41) is 0. The molecule has 21 heavy (non-hydrogen) atoms. The molecular formula is C16H20O5. The van der Waals surface area contributed by atoms with Crippen LogP contribution >= 0.6 is 0 Å². The number of carbonyl (C=O) groups is 3. The van der Waals surface area contributed by atoms with Crippen LogP contribution in [0.2, 0.25) is 0 Å². The van der Waals surface area contributed by atoms with E-state index >= 15 is 0 Å². The van der Waals surface area contributed by atoms with E-state index in [9.17, 15) is 14.4 Å². The maximum atomic E-state index is 11.9. The van der Waals surface area contributed by atoms with Gasteiger partial charge in [-0.15, -0.1) is 0 Å². The van der Waals surface area contributed by atoms with E-state index in [0.717, 1.165) is 12.8 Å². The van der Waals surface area contributed by atoms with Crippen molar-refractivity contribution < 1.29 is 23.9 Å². The van der Waals surface area contributed by atoms with E-state index in [1.165, 1.54) is 12.1 Å². The summed E-state index contributed by atoms with van der Waals surface area (Å²) in [6.07, 6.45) is 2.41. The summed E-state index contributed by atoms with van der Waals surface area (Å²) in [5.41, 5.74) is 0.159. The summed E-state index contributed by atoms with van der Waals surface area (Å²) < 4.78 is 9.79. The van der Waals surface area contributed by atoms with Crippen LogP contribution in [-0.4, -0.2) is 24.5 Å². The number of benzene rings is 1. The van der Waals surface area contributed by atoms with E-state index in [4.69, 9.17) is 9.47 Å². The number of hydrogen-bond acceptors (Lipinski definition) is 5. The van der Waals surface area contributed by atoms with Crippen molar-refractivity contribution in [3.63, 3.8) is 0 Å². The third-order valence-electron chi connectivity index (χ3n) is 2.76. The standard InChI is InChI=1S/C16H20O5/c1-3-5-11-20-15(18)12-9-6-7-10-13(12)16(19)21-14(17)8-4-2/h6-7,9-10H,3-5,8,11H2,1-2H3. The van der Waals surface area contributed by atoms with Crippen molar-refractivity contribution in [2.24, 2.45) is 0 Å². The highest BCUT2D eigenvalue weighted by molar-refractivity contribution is 6.05. The van der Waals surface area contributed by atoms with Gasteiger partial charge in [0.25, 0.3) is 0 Å². The molecule has 0 aromatic heterocycles. The Bertz CT molecular complexity index is 507. The predicted octanol–water partition coefficient (Wildman–Crippen LogP) is 3.13. The monoisotopic (exact) mass is 292 g/mol. The van der Waals surface area contributed by atoms with Crippen LogP contribution in [-0.2, 0) is 14.3 Å². The first kappa shape index (κ1) is 16.9. The molecule has 0 heterocycles. The van der Waals surface area contributed by atoms with Crippen molar-refractivity contribution in [2.45, 2.75) is 39.5 Å². The Morgan fingerprint density at radius 2 is 1.57 bits per heavy atom. The zero-order chi connectivity index (χ0) is 15.7. The molecule has 0 amide bonds. The van der Waals surface area contributed by atoms with Gasteiger partial charge in [-0.3, -0.25) is 4.79 Å². The molecule has 0 spiro atoms. The van der Waals surface area contributed by atoms with Gasteiger partial charge in [0.2, 0.25) is 0 Å². The molecule has 5 nitrogen and oxygen atoms in total. The lowest BCUT2D eigenvalue weighted by Crippen LogP contribution is -2.17. The second-order valence-corrected chi connectivity index (χ2v) is 4.55. The molecule has 0 saturated heterocycles. The topological polar surface area (TPSA) is 69.7 Å². The number of ether oxygens (including phenoxy) is 2. The predicted molar refractivity (Wildman–Crippen MR) is 77.0 cm³/mol. The molecule has 1 aromatic carbocycles. The lowest BCUT2D eigenvalue weighted by atomic mass is 10.1. The van der Waals surface area contributed by atoms with Gasteiger partial charge in [-0.05, 0) is 25.0 Å². The maximum absolute atomic E-state index is 11.9. The minimum Gasteiger partial charge on any atom is -0.462 e. The molecule has 0 unspecified atom stereocenters. The SMILES string of the molecule is CCCCOC(=O)c1ccccc1C(=O)OC(=O)CCC. The van der Waals surface area contributed by atoms with Crippen LogP contribution in [0.5, 0.6) is 0 Å². The van der Waals surface area contributed by atoms with Crippen LogP contribution in [0, 0.1) is 0 Å². The summed E-state index contributed by atoms with van der Waals surface area (Å²) in [7, 11) is 0. The molecule has 5 heteroatoms. The average molecular weight is 292 g/mol. The van der Waals surface area contributed by atoms with E-state index in [0.29, 0.717) is 13.0 Å². The van der Waals surface area contributed by atoms with Crippen LogP contribution in [0.15, 0.2) is 24.3 Å². The van der Waals surface area contributed by atoms with E-state index in [2.05, 4.69) is 0 Å². The lowest BCUT2D eigenvalue weighted by Gasteiger charge is -2.08. The molecule has 0 atom stereocenters. The lowest BCUT2D eigenvalue weighted by molar-refractivity contribution is -0.138. The fourth-order valence-corrected chi connectivity index (χ4v) is 1.64. The Balaban J connectivity index is 2.80. The van der Waals surface area contributed by atoms with Gasteiger partial charge in [0.05, 0.1) is 17.7 Å². The van der Waals surface area contributed by atoms with Gasteiger partial charge in [0, 0.05) is 6.42 Å². The first-order chi connectivity index (χ1) is 10.1. The normalized spacial score (nSPS) is 10.0. The zero-order valence-electron chi connectivity index (χ0n) is 12.4. The van der Waals surface area contributed by atoms with E-state index in [-0.39, 0.29) is 17.5 Å². The van der Waals surface area contributed by atoms with Crippen molar-refractivity contribution >= 4 is 17.9 Å². The molecule has 0 saturated carbocycles. The summed E-state index contributed by atoms with van der Waals surface area (Å²) in [6.45, 7) is 4.09. The van der Waals surface area contributed by atoms with E-state index in [1.807, 2.05) is 13.8 Å². The molecule has 0 aliphatic rings. The van der Waals surface area contributed by atoms with Crippen molar-refractivity contribution in [3.05, 3.63) is 35.4 Å². The fraction of sp³-hybridized carbons (Fsp3) is 0.438. The number of rotatable bonds is 7. The van der Waals surface area contributed by atoms with Gasteiger partial charge < -0.3 is 9.47 Å². The Morgan fingerprint density at radius 3 is 2.14 bits per heavy atom. The Kier molecular flexibility index (Phi) is 7.15. The van der Waals surface area contributed by atoms with Gasteiger partial charge >= 0.3 is 17.9 Å².